The fourth-order valence-electron chi connectivity index (χ4n) is 4.21. The Morgan fingerprint density at radius 3 is 2.47 bits per heavy atom. The number of nitrogens with zero attached hydrogens (tertiary/aromatic N) is 3. The molecule has 0 spiro atoms. The molecule has 1 fully saturated rings. The van der Waals surface area contributed by atoms with E-state index in [1.165, 1.54) is 4.57 Å². The Morgan fingerprint density at radius 1 is 1.09 bits per heavy atom. The van der Waals surface area contributed by atoms with Gasteiger partial charge < -0.3 is 11.1 Å². The fourth-order valence-corrected chi connectivity index (χ4v) is 4.21. The van der Waals surface area contributed by atoms with Gasteiger partial charge in [-0.2, -0.15) is 0 Å². The summed E-state index contributed by atoms with van der Waals surface area (Å²) < 4.78 is 2.30. The molecule has 1 unspecified atom stereocenters. The van der Waals surface area contributed by atoms with Crippen LogP contribution in [0.1, 0.15) is 49.0 Å². The Morgan fingerprint density at radius 2 is 1.81 bits per heavy atom. The molecule has 1 aromatic heterocycles. The van der Waals surface area contributed by atoms with Gasteiger partial charge in [-0.05, 0) is 38.8 Å². The van der Waals surface area contributed by atoms with Crippen molar-refractivity contribution in [3.63, 3.8) is 0 Å². The van der Waals surface area contributed by atoms with Crippen LogP contribution in [0, 0.1) is 0 Å². The first kappa shape index (κ1) is 23.5. The number of rotatable bonds is 8. The van der Waals surface area contributed by atoms with Crippen LogP contribution in [0.15, 0.2) is 39.9 Å². The number of nitrogens with one attached hydrogen (secondary N) is 1. The van der Waals surface area contributed by atoms with Crippen LogP contribution in [-0.4, -0.2) is 51.4 Å². The molecular weight excluding hydrogens is 410 g/mol. The summed E-state index contributed by atoms with van der Waals surface area (Å²) in [4.78, 5) is 53.4. The molecule has 1 aliphatic heterocycles. The van der Waals surface area contributed by atoms with Gasteiger partial charge in [0.05, 0.1) is 19.1 Å². The van der Waals surface area contributed by atoms with Gasteiger partial charge in [-0.1, -0.05) is 36.8 Å². The predicted molar refractivity (Wildman–Crippen MR) is 123 cm³/mol. The van der Waals surface area contributed by atoms with Crippen molar-refractivity contribution < 1.29 is 9.59 Å². The number of ketones is 1. The average Bonchev–Trinajstić information content (AvgIpc) is 2.78. The maximum Gasteiger partial charge on any atom is 0.332 e. The second kappa shape index (κ2) is 10.4. The number of likely N-dealkylation sites (N-methyl/N-ethyl adjacent to an activating group) is 1. The van der Waals surface area contributed by atoms with Gasteiger partial charge in [-0.15, -0.1) is 0 Å². The smallest absolute Gasteiger partial charge is 0.332 e. The lowest BCUT2D eigenvalue weighted by molar-refractivity contribution is -0.127. The molecule has 3 rings (SSSR count). The lowest BCUT2D eigenvalue weighted by Crippen LogP contribution is -2.52. The third-order valence-corrected chi connectivity index (χ3v) is 5.86. The van der Waals surface area contributed by atoms with E-state index in [0.717, 1.165) is 23.0 Å². The maximum absolute atomic E-state index is 13.3. The molecule has 172 valence electrons. The van der Waals surface area contributed by atoms with Crippen molar-refractivity contribution in [1.82, 2.24) is 19.4 Å². The number of Topliss-reactive ketones (excluding diaryl/α,β-unsaturated/α-hetero) is 1. The minimum absolute atomic E-state index is 0.103. The number of hydrogen-bond acceptors (Lipinski definition) is 6. The average molecular weight is 442 g/mol. The number of anilines is 1. The monoisotopic (exact) mass is 441 g/mol. The normalized spacial score (nSPS) is 16.6. The zero-order valence-electron chi connectivity index (χ0n) is 18.7. The van der Waals surface area contributed by atoms with Crippen LogP contribution in [0.5, 0.6) is 0 Å². The number of likely N-dealkylation sites (tertiary alicyclic amines) is 1. The van der Waals surface area contributed by atoms with Crippen molar-refractivity contribution in [1.29, 1.82) is 0 Å². The van der Waals surface area contributed by atoms with E-state index in [4.69, 9.17) is 5.73 Å². The Kier molecular flexibility index (Phi) is 7.63. The lowest BCUT2D eigenvalue weighted by Gasteiger charge is -2.34. The third-order valence-electron chi connectivity index (χ3n) is 5.86. The summed E-state index contributed by atoms with van der Waals surface area (Å²) in [6.45, 7) is 4.79. The van der Waals surface area contributed by atoms with E-state index in [1.54, 1.807) is 11.8 Å². The van der Waals surface area contributed by atoms with Crippen LogP contribution in [0.2, 0.25) is 0 Å². The topological polar surface area (TPSA) is 119 Å². The lowest BCUT2D eigenvalue weighted by atomic mass is 10.00. The summed E-state index contributed by atoms with van der Waals surface area (Å²) >= 11 is 0. The highest BCUT2D eigenvalue weighted by Gasteiger charge is 2.32. The Labute approximate surface area is 186 Å². The molecule has 2 aromatic rings. The highest BCUT2D eigenvalue weighted by Crippen LogP contribution is 2.18. The van der Waals surface area contributed by atoms with Gasteiger partial charge in [0.25, 0.3) is 5.56 Å². The van der Waals surface area contributed by atoms with Crippen molar-refractivity contribution in [3.8, 4) is 0 Å². The van der Waals surface area contributed by atoms with Crippen molar-refractivity contribution in [2.75, 3.05) is 25.4 Å². The van der Waals surface area contributed by atoms with Crippen LogP contribution in [0.4, 0.5) is 5.82 Å². The molecule has 1 amide bonds. The van der Waals surface area contributed by atoms with E-state index in [1.807, 2.05) is 37.3 Å². The van der Waals surface area contributed by atoms with Gasteiger partial charge in [0.15, 0.2) is 5.78 Å². The molecule has 9 heteroatoms. The summed E-state index contributed by atoms with van der Waals surface area (Å²) in [5.41, 5.74) is 5.64. The first-order valence-electron chi connectivity index (χ1n) is 11.1. The van der Waals surface area contributed by atoms with Crippen LogP contribution in [0.3, 0.4) is 0 Å². The highest BCUT2D eigenvalue weighted by atomic mass is 16.2. The first-order chi connectivity index (χ1) is 15.4. The summed E-state index contributed by atoms with van der Waals surface area (Å²) in [7, 11) is 0. The summed E-state index contributed by atoms with van der Waals surface area (Å²) in [6.07, 6.45) is 2.42. The molecule has 2 heterocycles. The quantitative estimate of drug-likeness (QED) is 0.586. The minimum Gasteiger partial charge on any atom is -0.384 e. The molecule has 1 saturated heterocycles. The third kappa shape index (κ3) is 4.83. The zero-order chi connectivity index (χ0) is 23.3. The number of carbonyl (C=O) groups excluding carboxylic acids is 2. The molecule has 0 bridgehead atoms. The Hall–Kier alpha value is -3.20. The molecule has 1 atom stereocenters. The number of amides is 1. The number of piperidine rings is 1. The van der Waals surface area contributed by atoms with Crippen LogP contribution in [-0.2, 0) is 17.9 Å². The SMILES string of the molecule is CCNC(=O)C1CCCCN1CC(=O)c1c(N)n(Cc2ccccc2)c(=O)n(CC)c1=O. The van der Waals surface area contributed by atoms with Gasteiger partial charge >= 0.3 is 5.69 Å². The molecule has 32 heavy (non-hydrogen) atoms. The predicted octanol–water partition coefficient (Wildman–Crippen LogP) is 0.834. The molecule has 0 radical (unpaired) electrons. The number of aromatic nitrogens is 2. The minimum atomic E-state index is -0.684. The number of nitrogen functional groups attached to an aromatic ring is 1. The Bertz CT molecular complexity index is 1090. The molecule has 3 N–H and O–H groups in total. The summed E-state index contributed by atoms with van der Waals surface area (Å²) in [5.74, 6) is -0.731. The van der Waals surface area contributed by atoms with E-state index in [2.05, 4.69) is 5.32 Å². The van der Waals surface area contributed by atoms with Crippen molar-refractivity contribution >= 4 is 17.5 Å². The van der Waals surface area contributed by atoms with Crippen molar-refractivity contribution in [3.05, 3.63) is 62.3 Å². The van der Waals surface area contributed by atoms with E-state index >= 15 is 0 Å². The molecule has 1 aromatic carbocycles. The Balaban J connectivity index is 1.98. The first-order valence-corrected chi connectivity index (χ1v) is 11.1. The summed E-state index contributed by atoms with van der Waals surface area (Å²) in [6, 6.07) is 8.82. The number of carbonyl (C=O) groups is 2. The summed E-state index contributed by atoms with van der Waals surface area (Å²) in [5, 5.41) is 2.82. The fraction of sp³-hybridized carbons (Fsp3) is 0.478. The van der Waals surface area contributed by atoms with Gasteiger partial charge in [0.1, 0.15) is 11.4 Å². The molecule has 0 saturated carbocycles. The largest absolute Gasteiger partial charge is 0.384 e. The van der Waals surface area contributed by atoms with Gasteiger partial charge in [0.2, 0.25) is 5.91 Å². The zero-order valence-corrected chi connectivity index (χ0v) is 18.7. The molecule has 9 nitrogen and oxygen atoms in total. The van der Waals surface area contributed by atoms with Gasteiger partial charge in [0, 0.05) is 13.1 Å². The van der Waals surface area contributed by atoms with Gasteiger partial charge in [-0.3, -0.25) is 28.4 Å². The van der Waals surface area contributed by atoms with E-state index in [0.29, 0.717) is 19.5 Å². The molecule has 1 aliphatic rings. The van der Waals surface area contributed by atoms with Crippen molar-refractivity contribution in [2.24, 2.45) is 0 Å². The molecule has 0 aliphatic carbocycles. The van der Waals surface area contributed by atoms with E-state index in [9.17, 15) is 19.2 Å². The second-order valence-electron chi connectivity index (χ2n) is 7.96. The number of benzene rings is 1. The van der Waals surface area contributed by atoms with E-state index < -0.39 is 23.1 Å². The van der Waals surface area contributed by atoms with Crippen LogP contribution >= 0.6 is 0 Å². The van der Waals surface area contributed by atoms with Crippen LogP contribution < -0.4 is 22.3 Å². The second-order valence-corrected chi connectivity index (χ2v) is 7.96. The highest BCUT2D eigenvalue weighted by molar-refractivity contribution is 6.01. The molecular formula is C23H31N5O4. The number of nitrogens with two attached hydrogens (primary N) is 1. The standard InChI is InChI=1S/C23H31N5O4/c1-3-25-21(30)17-12-8-9-13-26(17)15-18(29)19-20(24)28(14-16-10-6-5-7-11-16)23(32)27(4-2)22(19)31/h5-7,10-11,17H,3-4,8-9,12-15,24H2,1-2H3,(H,25,30). The van der Waals surface area contributed by atoms with Gasteiger partial charge in [-0.25, -0.2) is 4.79 Å². The number of hydrogen-bond donors (Lipinski definition) is 2. The van der Waals surface area contributed by atoms with Crippen LogP contribution in [0.25, 0.3) is 0 Å². The van der Waals surface area contributed by atoms with E-state index in [-0.39, 0.29) is 36.9 Å². The van der Waals surface area contributed by atoms with Crippen molar-refractivity contribution in [2.45, 2.75) is 52.2 Å². The maximum atomic E-state index is 13.3.